The van der Waals surface area contributed by atoms with Gasteiger partial charge in [0.25, 0.3) is 0 Å². The first-order valence-corrected chi connectivity index (χ1v) is 7.99. The predicted octanol–water partition coefficient (Wildman–Crippen LogP) is 4.01. The van der Waals surface area contributed by atoms with E-state index < -0.39 is 8.32 Å². The van der Waals surface area contributed by atoms with E-state index in [0.717, 1.165) is 0 Å². The largest absolute Gasteiger partial charge is 0.543 e. The monoisotopic (exact) mass is 225 g/mol. The van der Waals surface area contributed by atoms with Crippen LogP contribution in [0.15, 0.2) is 18.2 Å². The molecule has 0 unspecified atom stereocenters. The maximum absolute atomic E-state index is 12.7. The van der Waals surface area contributed by atoms with Crippen LogP contribution in [0.5, 0.6) is 5.75 Å². The molecule has 1 aromatic carbocycles. The highest BCUT2D eigenvalue weighted by Gasteiger charge is 2.38. The molecule has 0 amide bonds. The highest BCUT2D eigenvalue weighted by atomic mass is 28.4. The molecular weight excluding hydrogens is 207 g/mol. The molecule has 0 spiro atoms. The van der Waals surface area contributed by atoms with Crippen LogP contribution < -0.4 is 4.43 Å². The van der Waals surface area contributed by atoms with Crippen molar-refractivity contribution in [3.05, 3.63) is 30.1 Å². The van der Waals surface area contributed by atoms with E-state index in [0.29, 0.717) is 5.75 Å². The molecule has 15 heavy (non-hydrogen) atoms. The molecule has 0 atom stereocenters. The van der Waals surface area contributed by atoms with Crippen LogP contribution in [0.3, 0.4) is 0 Å². The quantitative estimate of drug-likeness (QED) is 0.691. The Morgan fingerprint density at radius 3 is 2.27 bits per heavy atom. The van der Waals surface area contributed by atoms with Gasteiger partial charge in [-0.1, -0.05) is 20.8 Å². The lowest BCUT2D eigenvalue weighted by atomic mass is 10.2. The molecule has 0 aromatic heterocycles. The highest BCUT2D eigenvalue weighted by Crippen LogP contribution is 2.37. The molecule has 0 saturated heterocycles. The van der Waals surface area contributed by atoms with Crippen molar-refractivity contribution >= 4 is 8.32 Å². The first-order chi connectivity index (χ1) is 6.72. The Kier molecular flexibility index (Phi) is 3.24. The van der Waals surface area contributed by atoms with E-state index in [1.807, 2.05) is 0 Å². The van der Waals surface area contributed by atoms with E-state index in [-0.39, 0.29) is 10.9 Å². The van der Waals surface area contributed by atoms with E-state index in [9.17, 15) is 4.39 Å². The molecule has 0 fully saturated rings. The fourth-order valence-electron chi connectivity index (χ4n) is 0.903. The SMILES string of the molecule is CC(C)(C)[Si](C)(C)Oc1c[c]c(F)cc1. The lowest BCUT2D eigenvalue weighted by Crippen LogP contribution is -2.43. The Morgan fingerprint density at radius 2 is 1.87 bits per heavy atom. The van der Waals surface area contributed by atoms with Crippen LogP contribution in [0.2, 0.25) is 18.1 Å². The Hall–Kier alpha value is -0.833. The molecule has 0 saturated carbocycles. The van der Waals surface area contributed by atoms with Gasteiger partial charge in [-0.3, -0.25) is 0 Å². The van der Waals surface area contributed by atoms with Crippen molar-refractivity contribution in [1.29, 1.82) is 0 Å². The molecular formula is C12H18FOSi. The highest BCUT2D eigenvalue weighted by molar-refractivity contribution is 6.74. The van der Waals surface area contributed by atoms with Gasteiger partial charge in [-0.15, -0.1) is 0 Å². The summed E-state index contributed by atoms with van der Waals surface area (Å²) in [6.45, 7) is 10.8. The summed E-state index contributed by atoms with van der Waals surface area (Å²) in [5.41, 5.74) is 0. The standard InChI is InChI=1S/C12H18FOSi/c1-12(2,3)15(4,5)14-11-8-6-10(13)7-9-11/h6,8-9H,1-5H3. The average molecular weight is 225 g/mol. The summed E-state index contributed by atoms with van der Waals surface area (Å²) in [6.07, 6.45) is 0. The van der Waals surface area contributed by atoms with Gasteiger partial charge in [-0.2, -0.15) is 0 Å². The second-order valence-corrected chi connectivity index (χ2v) is 9.96. The first kappa shape index (κ1) is 12.2. The molecule has 0 heterocycles. The van der Waals surface area contributed by atoms with E-state index in [1.165, 1.54) is 6.07 Å². The van der Waals surface area contributed by atoms with Gasteiger partial charge in [0.1, 0.15) is 11.6 Å². The lowest BCUT2D eigenvalue weighted by Gasteiger charge is -2.36. The number of hydrogen-bond acceptors (Lipinski definition) is 1. The van der Waals surface area contributed by atoms with Crippen LogP contribution >= 0.6 is 0 Å². The van der Waals surface area contributed by atoms with Gasteiger partial charge in [-0.05, 0) is 36.3 Å². The van der Waals surface area contributed by atoms with Crippen LogP contribution in [0.1, 0.15) is 20.8 Å². The molecule has 1 radical (unpaired) electrons. The summed E-state index contributed by atoms with van der Waals surface area (Å²) < 4.78 is 18.6. The van der Waals surface area contributed by atoms with Crippen molar-refractivity contribution in [2.75, 3.05) is 0 Å². The van der Waals surface area contributed by atoms with Crippen LogP contribution in [-0.2, 0) is 0 Å². The van der Waals surface area contributed by atoms with Crippen molar-refractivity contribution < 1.29 is 8.82 Å². The molecule has 0 aliphatic carbocycles. The second-order valence-electron chi connectivity index (χ2n) is 5.23. The van der Waals surface area contributed by atoms with Crippen LogP contribution in [0.25, 0.3) is 0 Å². The first-order valence-electron chi connectivity index (χ1n) is 5.09. The van der Waals surface area contributed by atoms with Gasteiger partial charge in [0.2, 0.25) is 8.32 Å². The number of rotatable bonds is 2. The molecule has 83 valence electrons. The van der Waals surface area contributed by atoms with E-state index >= 15 is 0 Å². The molecule has 1 nitrogen and oxygen atoms in total. The van der Waals surface area contributed by atoms with Crippen molar-refractivity contribution in [1.82, 2.24) is 0 Å². The second kappa shape index (κ2) is 3.97. The third-order valence-electron chi connectivity index (χ3n) is 2.93. The van der Waals surface area contributed by atoms with E-state index in [4.69, 9.17) is 4.43 Å². The van der Waals surface area contributed by atoms with Crippen LogP contribution in [0, 0.1) is 11.9 Å². The summed E-state index contributed by atoms with van der Waals surface area (Å²) >= 11 is 0. The minimum atomic E-state index is -1.81. The minimum absolute atomic E-state index is 0.154. The van der Waals surface area contributed by atoms with Crippen molar-refractivity contribution in [3.63, 3.8) is 0 Å². The number of benzene rings is 1. The number of halogens is 1. The van der Waals surface area contributed by atoms with Gasteiger partial charge in [-0.25, -0.2) is 4.39 Å². The normalized spacial score (nSPS) is 12.7. The van der Waals surface area contributed by atoms with Crippen LogP contribution in [0.4, 0.5) is 4.39 Å². The van der Waals surface area contributed by atoms with Gasteiger partial charge in [0.05, 0.1) is 0 Å². The van der Waals surface area contributed by atoms with Gasteiger partial charge in [0.15, 0.2) is 0 Å². The zero-order valence-electron chi connectivity index (χ0n) is 10.0. The topological polar surface area (TPSA) is 9.23 Å². The maximum Gasteiger partial charge on any atom is 0.250 e. The average Bonchev–Trinajstić information content (AvgIpc) is 2.06. The summed E-state index contributed by atoms with van der Waals surface area (Å²) in [5, 5.41) is 0.154. The summed E-state index contributed by atoms with van der Waals surface area (Å²) in [7, 11) is -1.81. The molecule has 0 aliphatic rings. The molecule has 0 N–H and O–H groups in total. The lowest BCUT2D eigenvalue weighted by molar-refractivity contribution is 0.490. The molecule has 1 aromatic rings. The third-order valence-corrected chi connectivity index (χ3v) is 7.28. The Balaban J connectivity index is 2.82. The van der Waals surface area contributed by atoms with Gasteiger partial charge < -0.3 is 4.43 Å². The Bertz CT molecular complexity index is 324. The van der Waals surface area contributed by atoms with Gasteiger partial charge >= 0.3 is 0 Å². The smallest absolute Gasteiger partial charge is 0.250 e. The summed E-state index contributed by atoms with van der Waals surface area (Å²) in [5.74, 6) is 0.362. The molecule has 0 aliphatic heterocycles. The third kappa shape index (κ3) is 3.06. The zero-order chi connectivity index (χ0) is 11.7. The predicted molar refractivity (Wildman–Crippen MR) is 63.1 cm³/mol. The maximum atomic E-state index is 12.7. The van der Waals surface area contributed by atoms with Crippen molar-refractivity contribution in [2.24, 2.45) is 0 Å². The van der Waals surface area contributed by atoms with E-state index in [2.05, 4.69) is 39.9 Å². The molecule has 0 bridgehead atoms. The Morgan fingerprint density at radius 1 is 1.27 bits per heavy atom. The Labute approximate surface area is 92.4 Å². The number of hydrogen-bond donors (Lipinski definition) is 0. The van der Waals surface area contributed by atoms with E-state index in [1.54, 1.807) is 12.1 Å². The summed E-state index contributed by atoms with van der Waals surface area (Å²) in [4.78, 5) is 0. The van der Waals surface area contributed by atoms with Crippen molar-refractivity contribution in [3.8, 4) is 5.75 Å². The fraction of sp³-hybridized carbons (Fsp3) is 0.500. The summed E-state index contributed by atoms with van der Waals surface area (Å²) in [6, 6.07) is 7.11. The molecule has 1 rings (SSSR count). The van der Waals surface area contributed by atoms with Crippen LogP contribution in [-0.4, -0.2) is 8.32 Å². The molecule has 3 heteroatoms. The minimum Gasteiger partial charge on any atom is -0.543 e. The fourth-order valence-corrected chi connectivity index (χ4v) is 1.93. The van der Waals surface area contributed by atoms with Crippen molar-refractivity contribution in [2.45, 2.75) is 38.9 Å². The van der Waals surface area contributed by atoms with Gasteiger partial charge in [0, 0.05) is 6.07 Å². The zero-order valence-corrected chi connectivity index (χ0v) is 11.0.